The van der Waals surface area contributed by atoms with E-state index in [4.69, 9.17) is 27.2 Å². The molecule has 43 heavy (non-hydrogen) atoms. The van der Waals surface area contributed by atoms with Crippen LogP contribution in [0.4, 0.5) is 29.2 Å². The van der Waals surface area contributed by atoms with Gasteiger partial charge in [0.15, 0.2) is 5.11 Å². The molecule has 0 amide bonds. The number of thiocarbonyl (C=S) groups is 1. The zero-order valence-electron chi connectivity index (χ0n) is 24.9. The van der Waals surface area contributed by atoms with E-state index in [1.807, 2.05) is 56.0 Å². The van der Waals surface area contributed by atoms with Crippen LogP contribution in [0, 0.1) is 6.92 Å². The highest BCUT2D eigenvalue weighted by Crippen LogP contribution is 2.25. The van der Waals surface area contributed by atoms with Crippen molar-refractivity contribution in [2.45, 2.75) is 26.2 Å². The van der Waals surface area contributed by atoms with Crippen LogP contribution in [0.1, 0.15) is 30.4 Å². The van der Waals surface area contributed by atoms with Crippen molar-refractivity contribution < 1.29 is 0 Å². The molecule has 0 aliphatic carbocycles. The maximum Gasteiger partial charge on any atom is 0.233 e. The molecule has 1 atom stereocenters. The Hall–Kier alpha value is -4.35. The molecule has 2 heterocycles. The average Bonchev–Trinajstić information content (AvgIpc) is 3.49. The van der Waals surface area contributed by atoms with Crippen molar-refractivity contribution in [1.29, 1.82) is 0 Å². The molecule has 0 saturated heterocycles. The standard InChI is InChI=1S/C32H37N9S2/c1-22-11-8-9-14-26(22)36-32(42)41(4)18-10-17-40(3)31-38-29(33-20-23(2)24-12-6-5-7-13-24)37-30(39-31)35-25-15-16-27-28(19-25)43-21-34-27/h5-9,11-16,19,21,23H,10,17-18,20H2,1-4H3,(H,36,42)(H2,33,35,37,38,39). The van der Waals surface area contributed by atoms with Crippen LogP contribution in [0.2, 0.25) is 0 Å². The number of nitrogens with one attached hydrogen (secondary N) is 3. The number of benzene rings is 3. The molecule has 0 aliphatic rings. The molecule has 5 rings (SSSR count). The molecule has 1 unspecified atom stereocenters. The second-order valence-electron chi connectivity index (χ2n) is 10.6. The van der Waals surface area contributed by atoms with Gasteiger partial charge in [-0.3, -0.25) is 0 Å². The summed E-state index contributed by atoms with van der Waals surface area (Å²) >= 11 is 7.25. The molecule has 3 N–H and O–H groups in total. The lowest BCUT2D eigenvalue weighted by molar-refractivity contribution is 0.495. The van der Waals surface area contributed by atoms with E-state index in [0.717, 1.165) is 46.7 Å². The van der Waals surface area contributed by atoms with Crippen molar-refractivity contribution in [2.75, 3.05) is 54.6 Å². The number of fused-ring (bicyclic) bond motifs is 1. The zero-order chi connectivity index (χ0) is 30.2. The number of aryl methyl sites for hydroxylation is 1. The molecular weight excluding hydrogens is 575 g/mol. The fourth-order valence-corrected chi connectivity index (χ4v) is 5.46. The van der Waals surface area contributed by atoms with Gasteiger partial charge in [-0.05, 0) is 66.9 Å². The largest absolute Gasteiger partial charge is 0.353 e. The van der Waals surface area contributed by atoms with Gasteiger partial charge in [-0.2, -0.15) is 15.0 Å². The van der Waals surface area contributed by atoms with E-state index in [1.165, 1.54) is 5.56 Å². The Kier molecular flexibility index (Phi) is 9.96. The summed E-state index contributed by atoms with van der Waals surface area (Å²) in [6.07, 6.45) is 0.868. The van der Waals surface area contributed by atoms with Gasteiger partial charge in [0.25, 0.3) is 0 Å². The molecular formula is C32H37N9S2. The molecule has 0 bridgehead atoms. The van der Waals surface area contributed by atoms with Crippen molar-refractivity contribution in [3.05, 3.63) is 89.4 Å². The van der Waals surface area contributed by atoms with Crippen LogP contribution >= 0.6 is 23.6 Å². The molecule has 222 valence electrons. The first-order valence-electron chi connectivity index (χ1n) is 14.3. The van der Waals surface area contributed by atoms with Gasteiger partial charge in [0, 0.05) is 45.1 Å². The topological polar surface area (TPSA) is 94.1 Å². The normalized spacial score (nSPS) is 11.6. The summed E-state index contributed by atoms with van der Waals surface area (Å²) in [4.78, 5) is 22.7. The molecule has 9 nitrogen and oxygen atoms in total. The monoisotopic (exact) mass is 611 g/mol. The molecule has 0 saturated carbocycles. The summed E-state index contributed by atoms with van der Waals surface area (Å²) in [5, 5.41) is 10.9. The van der Waals surface area contributed by atoms with Crippen molar-refractivity contribution in [2.24, 2.45) is 0 Å². The zero-order valence-corrected chi connectivity index (χ0v) is 26.5. The number of hydrogen-bond acceptors (Lipinski definition) is 9. The third-order valence-corrected chi connectivity index (χ3v) is 8.41. The van der Waals surface area contributed by atoms with Crippen LogP contribution in [0.25, 0.3) is 10.2 Å². The minimum Gasteiger partial charge on any atom is -0.353 e. The first-order chi connectivity index (χ1) is 20.9. The lowest BCUT2D eigenvalue weighted by atomic mass is 10.0. The number of para-hydroxylation sites is 1. The Morgan fingerprint density at radius 1 is 0.930 bits per heavy atom. The Morgan fingerprint density at radius 3 is 2.51 bits per heavy atom. The van der Waals surface area contributed by atoms with Gasteiger partial charge in [0.1, 0.15) is 0 Å². The van der Waals surface area contributed by atoms with Gasteiger partial charge >= 0.3 is 0 Å². The average molecular weight is 612 g/mol. The molecule has 0 aliphatic heterocycles. The first-order valence-corrected chi connectivity index (χ1v) is 15.6. The van der Waals surface area contributed by atoms with Crippen molar-refractivity contribution in [1.82, 2.24) is 24.8 Å². The van der Waals surface area contributed by atoms with Crippen LogP contribution in [0.3, 0.4) is 0 Å². The lowest BCUT2D eigenvalue weighted by Crippen LogP contribution is -2.34. The van der Waals surface area contributed by atoms with Gasteiger partial charge in [0.05, 0.1) is 15.7 Å². The summed E-state index contributed by atoms with van der Waals surface area (Å²) in [5.74, 6) is 1.89. The quantitative estimate of drug-likeness (QED) is 0.129. The fourth-order valence-electron chi connectivity index (χ4n) is 4.55. The summed E-state index contributed by atoms with van der Waals surface area (Å²) in [7, 11) is 4.01. The van der Waals surface area contributed by atoms with Crippen LogP contribution in [-0.2, 0) is 0 Å². The van der Waals surface area contributed by atoms with E-state index in [2.05, 4.69) is 81.0 Å². The van der Waals surface area contributed by atoms with Gasteiger partial charge in [-0.1, -0.05) is 55.5 Å². The van der Waals surface area contributed by atoms with Gasteiger partial charge < -0.3 is 25.8 Å². The van der Waals surface area contributed by atoms with E-state index in [-0.39, 0.29) is 5.92 Å². The third kappa shape index (κ3) is 8.14. The second-order valence-corrected chi connectivity index (χ2v) is 11.8. The van der Waals surface area contributed by atoms with Crippen molar-refractivity contribution in [3.8, 4) is 0 Å². The molecule has 0 spiro atoms. The van der Waals surface area contributed by atoms with Gasteiger partial charge in [0.2, 0.25) is 17.8 Å². The maximum atomic E-state index is 5.64. The molecule has 0 fully saturated rings. The Balaban J connectivity index is 1.25. The molecule has 5 aromatic rings. The highest BCUT2D eigenvalue weighted by Gasteiger charge is 2.14. The minimum absolute atomic E-state index is 0.289. The number of thiazole rings is 1. The Bertz CT molecular complexity index is 1660. The van der Waals surface area contributed by atoms with Crippen LogP contribution in [0.5, 0.6) is 0 Å². The summed E-state index contributed by atoms with van der Waals surface area (Å²) in [6.45, 7) is 6.48. The number of nitrogens with zero attached hydrogens (tertiary/aromatic N) is 6. The maximum absolute atomic E-state index is 5.64. The summed E-state index contributed by atoms with van der Waals surface area (Å²) in [5.41, 5.74) is 7.17. The second kappa shape index (κ2) is 14.2. The Morgan fingerprint density at radius 2 is 1.70 bits per heavy atom. The van der Waals surface area contributed by atoms with Gasteiger partial charge in [-0.15, -0.1) is 11.3 Å². The number of aromatic nitrogens is 4. The first kappa shape index (κ1) is 30.1. The number of anilines is 5. The van der Waals surface area contributed by atoms with E-state index >= 15 is 0 Å². The molecule has 2 aromatic heterocycles. The molecule has 11 heteroatoms. The Labute approximate surface area is 262 Å². The number of hydrogen-bond donors (Lipinski definition) is 3. The van der Waals surface area contributed by atoms with Gasteiger partial charge in [-0.25, -0.2) is 4.98 Å². The van der Waals surface area contributed by atoms with Crippen LogP contribution in [0.15, 0.2) is 78.3 Å². The highest BCUT2D eigenvalue weighted by molar-refractivity contribution is 7.80. The third-order valence-electron chi connectivity index (χ3n) is 7.21. The lowest BCUT2D eigenvalue weighted by Gasteiger charge is -2.24. The molecule has 3 aromatic carbocycles. The molecule has 0 radical (unpaired) electrons. The van der Waals surface area contributed by atoms with E-state index < -0.39 is 0 Å². The smallest absolute Gasteiger partial charge is 0.233 e. The minimum atomic E-state index is 0.289. The predicted octanol–water partition coefficient (Wildman–Crippen LogP) is 6.90. The van der Waals surface area contributed by atoms with Crippen molar-refractivity contribution >= 4 is 68.1 Å². The highest BCUT2D eigenvalue weighted by atomic mass is 32.1. The number of rotatable bonds is 12. The van der Waals surface area contributed by atoms with Crippen molar-refractivity contribution in [3.63, 3.8) is 0 Å². The van der Waals surface area contributed by atoms with Crippen LogP contribution < -0.4 is 20.9 Å². The SMILES string of the molecule is Cc1ccccc1NC(=S)N(C)CCCN(C)c1nc(NCC(C)c2ccccc2)nc(Nc2ccc3ncsc3c2)n1. The van der Waals surface area contributed by atoms with Crippen LogP contribution in [-0.4, -0.2) is 63.7 Å². The summed E-state index contributed by atoms with van der Waals surface area (Å²) < 4.78 is 1.10. The van der Waals surface area contributed by atoms with E-state index in [9.17, 15) is 0 Å². The summed E-state index contributed by atoms with van der Waals surface area (Å²) in [6, 6.07) is 24.6. The van der Waals surface area contributed by atoms with E-state index in [1.54, 1.807) is 11.3 Å². The predicted molar refractivity (Wildman–Crippen MR) is 184 cm³/mol. The van der Waals surface area contributed by atoms with E-state index in [0.29, 0.717) is 29.5 Å². The fraction of sp³-hybridized carbons (Fsp3) is 0.281.